The Morgan fingerprint density at radius 2 is 1.56 bits per heavy atom. The highest BCUT2D eigenvalue weighted by molar-refractivity contribution is 5.97. The molecule has 138 valence electrons. The first-order valence-corrected chi connectivity index (χ1v) is 8.34. The van der Waals surface area contributed by atoms with E-state index in [-0.39, 0.29) is 17.2 Å². The summed E-state index contributed by atoms with van der Waals surface area (Å²) in [6.07, 6.45) is -1.04. The molecule has 0 saturated carbocycles. The number of benzene rings is 1. The van der Waals surface area contributed by atoms with Crippen molar-refractivity contribution in [3.8, 4) is 0 Å². The molecule has 2 amide bonds. The predicted octanol–water partition coefficient (Wildman–Crippen LogP) is 2.16. The van der Waals surface area contributed by atoms with Crippen molar-refractivity contribution in [3.63, 3.8) is 0 Å². The summed E-state index contributed by atoms with van der Waals surface area (Å²) in [5, 5.41) is 2.67. The molecule has 1 rings (SSSR count). The van der Waals surface area contributed by atoms with Gasteiger partial charge in [-0.15, -0.1) is 0 Å². The fourth-order valence-corrected chi connectivity index (χ4v) is 2.15. The zero-order chi connectivity index (χ0) is 19.4. The Bertz CT molecular complexity index is 630. The van der Waals surface area contributed by atoms with E-state index in [9.17, 15) is 14.4 Å². The number of carbonyl (C=O) groups is 3. The molecule has 0 aliphatic rings. The monoisotopic (exact) mass is 348 g/mol. The Morgan fingerprint density at radius 1 is 1.04 bits per heavy atom. The molecule has 0 aliphatic heterocycles. The molecule has 0 radical (unpaired) electrons. The summed E-state index contributed by atoms with van der Waals surface area (Å²) < 4.78 is 5.01. The van der Waals surface area contributed by atoms with E-state index < -0.39 is 24.0 Å². The number of primary amides is 1. The van der Waals surface area contributed by atoms with Crippen LogP contribution >= 0.6 is 0 Å². The van der Waals surface area contributed by atoms with E-state index in [1.165, 1.54) is 6.92 Å². The Labute approximate surface area is 149 Å². The second kappa shape index (κ2) is 8.14. The van der Waals surface area contributed by atoms with Gasteiger partial charge in [0.15, 0.2) is 6.10 Å². The standard InChI is InChI=1S/C19H28N2O4/c1-11(2)15(18(24)25-12(3)16(20)22)21-17(23)13-7-9-14(10-8-13)19(4,5)6/h7-12,15H,1-6H3,(H2,20,22)(H,21,23)/t12-,15-/m0/s1. The molecule has 0 fully saturated rings. The Hall–Kier alpha value is -2.37. The molecule has 0 heterocycles. The summed E-state index contributed by atoms with van der Waals surface area (Å²) in [5.41, 5.74) is 6.65. The Balaban J connectivity index is 2.86. The van der Waals surface area contributed by atoms with Crippen molar-refractivity contribution in [2.45, 2.75) is 59.1 Å². The van der Waals surface area contributed by atoms with Crippen LogP contribution in [0.2, 0.25) is 0 Å². The van der Waals surface area contributed by atoms with E-state index >= 15 is 0 Å². The van der Waals surface area contributed by atoms with E-state index in [1.54, 1.807) is 26.0 Å². The van der Waals surface area contributed by atoms with Crippen LogP contribution in [0.15, 0.2) is 24.3 Å². The third-order valence-electron chi connectivity index (χ3n) is 3.91. The number of rotatable bonds is 6. The zero-order valence-corrected chi connectivity index (χ0v) is 15.8. The summed E-state index contributed by atoms with van der Waals surface area (Å²) in [6.45, 7) is 11.2. The van der Waals surface area contributed by atoms with Gasteiger partial charge in [0.25, 0.3) is 11.8 Å². The van der Waals surface area contributed by atoms with Gasteiger partial charge in [-0.2, -0.15) is 0 Å². The van der Waals surface area contributed by atoms with E-state index in [0.717, 1.165) is 5.56 Å². The van der Waals surface area contributed by atoms with Crippen molar-refractivity contribution in [3.05, 3.63) is 35.4 Å². The number of nitrogens with two attached hydrogens (primary N) is 1. The topological polar surface area (TPSA) is 98.5 Å². The second-order valence-corrected chi connectivity index (χ2v) is 7.50. The summed E-state index contributed by atoms with van der Waals surface area (Å²) in [7, 11) is 0. The van der Waals surface area contributed by atoms with Crippen LogP contribution < -0.4 is 11.1 Å². The van der Waals surface area contributed by atoms with Crippen molar-refractivity contribution in [2.75, 3.05) is 0 Å². The van der Waals surface area contributed by atoms with Crippen molar-refractivity contribution in [1.29, 1.82) is 0 Å². The van der Waals surface area contributed by atoms with Crippen LogP contribution in [0.25, 0.3) is 0 Å². The normalized spacial score (nSPS) is 13.9. The lowest BCUT2D eigenvalue weighted by atomic mass is 9.86. The third kappa shape index (κ3) is 5.89. The van der Waals surface area contributed by atoms with Gasteiger partial charge in [0.1, 0.15) is 6.04 Å². The molecule has 0 saturated heterocycles. The summed E-state index contributed by atoms with van der Waals surface area (Å²) in [5.74, 6) is -1.99. The van der Waals surface area contributed by atoms with Crippen molar-refractivity contribution >= 4 is 17.8 Å². The third-order valence-corrected chi connectivity index (χ3v) is 3.91. The number of esters is 1. The van der Waals surface area contributed by atoms with Crippen LogP contribution in [0, 0.1) is 5.92 Å². The SMILES string of the molecule is CC(C)[C@H](NC(=O)c1ccc(C(C)(C)C)cc1)C(=O)O[C@@H](C)C(N)=O. The quantitative estimate of drug-likeness (QED) is 0.770. The number of nitrogens with one attached hydrogen (secondary N) is 1. The van der Waals surface area contributed by atoms with E-state index in [4.69, 9.17) is 10.5 Å². The van der Waals surface area contributed by atoms with Gasteiger partial charge in [0.05, 0.1) is 0 Å². The molecule has 0 bridgehead atoms. The smallest absolute Gasteiger partial charge is 0.329 e. The van der Waals surface area contributed by atoms with Gasteiger partial charge >= 0.3 is 5.97 Å². The summed E-state index contributed by atoms with van der Waals surface area (Å²) >= 11 is 0. The highest BCUT2D eigenvalue weighted by atomic mass is 16.5. The van der Waals surface area contributed by atoms with E-state index in [1.807, 2.05) is 12.1 Å². The Morgan fingerprint density at radius 3 is 1.96 bits per heavy atom. The average molecular weight is 348 g/mol. The lowest BCUT2D eigenvalue weighted by Gasteiger charge is -2.23. The number of hydrogen-bond acceptors (Lipinski definition) is 4. The molecular weight excluding hydrogens is 320 g/mol. The van der Waals surface area contributed by atoms with Crippen LogP contribution in [0.5, 0.6) is 0 Å². The molecule has 3 N–H and O–H groups in total. The second-order valence-electron chi connectivity index (χ2n) is 7.50. The van der Waals surface area contributed by atoms with Crippen LogP contribution in [0.3, 0.4) is 0 Å². The first-order valence-electron chi connectivity index (χ1n) is 8.34. The maximum absolute atomic E-state index is 12.4. The minimum absolute atomic E-state index is 0.00974. The number of hydrogen-bond donors (Lipinski definition) is 2. The number of ether oxygens (including phenoxy) is 1. The zero-order valence-electron chi connectivity index (χ0n) is 15.8. The highest BCUT2D eigenvalue weighted by Gasteiger charge is 2.28. The fraction of sp³-hybridized carbons (Fsp3) is 0.526. The van der Waals surface area contributed by atoms with Gasteiger partial charge in [-0.1, -0.05) is 46.8 Å². The van der Waals surface area contributed by atoms with Crippen LogP contribution in [-0.4, -0.2) is 29.9 Å². The molecule has 6 heteroatoms. The van der Waals surface area contributed by atoms with Gasteiger partial charge in [0.2, 0.25) is 0 Å². The average Bonchev–Trinajstić information content (AvgIpc) is 2.50. The first-order chi connectivity index (χ1) is 11.4. The molecule has 0 aliphatic carbocycles. The van der Waals surface area contributed by atoms with Crippen LogP contribution in [0.1, 0.15) is 57.5 Å². The maximum atomic E-state index is 12.4. The molecule has 2 atom stereocenters. The van der Waals surface area contributed by atoms with Gasteiger partial charge < -0.3 is 15.8 Å². The minimum atomic E-state index is -1.04. The lowest BCUT2D eigenvalue weighted by Crippen LogP contribution is -2.47. The van der Waals surface area contributed by atoms with Crippen molar-refractivity contribution in [1.82, 2.24) is 5.32 Å². The largest absolute Gasteiger partial charge is 0.451 e. The molecule has 0 unspecified atom stereocenters. The number of amides is 2. The van der Waals surface area contributed by atoms with Crippen LogP contribution in [0.4, 0.5) is 0 Å². The van der Waals surface area contributed by atoms with E-state index in [0.29, 0.717) is 5.56 Å². The Kier molecular flexibility index (Phi) is 6.73. The van der Waals surface area contributed by atoms with Crippen LogP contribution in [-0.2, 0) is 19.7 Å². The number of carbonyl (C=O) groups excluding carboxylic acids is 3. The molecule has 0 aromatic heterocycles. The maximum Gasteiger partial charge on any atom is 0.329 e. The van der Waals surface area contributed by atoms with Gasteiger partial charge in [-0.3, -0.25) is 9.59 Å². The molecule has 0 spiro atoms. The fourth-order valence-electron chi connectivity index (χ4n) is 2.15. The first kappa shape index (κ1) is 20.7. The lowest BCUT2D eigenvalue weighted by molar-refractivity contribution is -0.156. The van der Waals surface area contributed by atoms with Gasteiger partial charge in [-0.25, -0.2) is 4.79 Å². The highest BCUT2D eigenvalue weighted by Crippen LogP contribution is 2.22. The molecule has 25 heavy (non-hydrogen) atoms. The molecular formula is C19H28N2O4. The molecule has 1 aromatic carbocycles. The van der Waals surface area contributed by atoms with Crippen molar-refractivity contribution in [2.24, 2.45) is 11.7 Å². The minimum Gasteiger partial charge on any atom is -0.451 e. The summed E-state index contributed by atoms with van der Waals surface area (Å²) in [4.78, 5) is 35.7. The predicted molar refractivity (Wildman–Crippen MR) is 96.0 cm³/mol. The molecule has 6 nitrogen and oxygen atoms in total. The van der Waals surface area contributed by atoms with Gasteiger partial charge in [0, 0.05) is 5.56 Å². The van der Waals surface area contributed by atoms with E-state index in [2.05, 4.69) is 26.1 Å². The molecule has 1 aromatic rings. The van der Waals surface area contributed by atoms with Gasteiger partial charge in [-0.05, 0) is 36.0 Å². The van der Waals surface area contributed by atoms with Crippen molar-refractivity contribution < 1.29 is 19.1 Å². The summed E-state index contributed by atoms with van der Waals surface area (Å²) in [6, 6.07) is 6.38.